The zero-order valence-electron chi connectivity index (χ0n) is 23.4. The molecule has 2 aromatic heterocycles. The average Bonchev–Trinajstić information content (AvgIpc) is 3.54. The number of halogens is 3. The van der Waals surface area contributed by atoms with Gasteiger partial charge in [-0.1, -0.05) is 0 Å². The van der Waals surface area contributed by atoms with E-state index in [-0.39, 0.29) is 53.6 Å². The number of carbonyl (C=O) groups is 1. The molecular weight excluding hydrogens is 539 g/mol. The highest BCUT2D eigenvalue weighted by Crippen LogP contribution is 2.42. The van der Waals surface area contributed by atoms with Crippen LogP contribution in [0.15, 0.2) is 12.1 Å². The highest BCUT2D eigenvalue weighted by Gasteiger charge is 2.49. The van der Waals surface area contributed by atoms with Crippen molar-refractivity contribution < 1.29 is 27.4 Å². The Hall–Kier alpha value is -3.61. The lowest BCUT2D eigenvalue weighted by atomic mass is 9.95. The van der Waals surface area contributed by atoms with E-state index in [0.29, 0.717) is 38.2 Å². The summed E-state index contributed by atoms with van der Waals surface area (Å²) in [6, 6.07) is 2.34. The Labute approximate surface area is 235 Å². The van der Waals surface area contributed by atoms with E-state index in [1.165, 1.54) is 7.11 Å². The Morgan fingerprint density at radius 1 is 1.17 bits per heavy atom. The van der Waals surface area contributed by atoms with E-state index >= 15 is 4.39 Å². The fourth-order valence-corrected chi connectivity index (χ4v) is 6.41. The van der Waals surface area contributed by atoms with Gasteiger partial charge < -0.3 is 19.7 Å². The third-order valence-corrected chi connectivity index (χ3v) is 8.19. The van der Waals surface area contributed by atoms with Crippen LogP contribution in [0.1, 0.15) is 55.7 Å². The molecule has 1 aromatic carbocycles. The van der Waals surface area contributed by atoms with E-state index in [1.54, 1.807) is 10.7 Å². The summed E-state index contributed by atoms with van der Waals surface area (Å²) in [5.74, 6) is -1.94. The van der Waals surface area contributed by atoms with E-state index in [1.807, 2.05) is 18.7 Å². The van der Waals surface area contributed by atoms with Gasteiger partial charge in [0.2, 0.25) is 0 Å². The van der Waals surface area contributed by atoms with Crippen molar-refractivity contribution in [2.45, 2.75) is 70.4 Å². The largest absolute Gasteiger partial charge is 0.493 e. The number of hydrogen-bond donors (Lipinski definition) is 1. The minimum Gasteiger partial charge on any atom is -0.493 e. The molecule has 3 aliphatic heterocycles. The summed E-state index contributed by atoms with van der Waals surface area (Å²) in [5.41, 5.74) is 0.472. The molecule has 0 saturated carbocycles. The number of amides is 1. The second-order valence-electron chi connectivity index (χ2n) is 11.4. The Balaban J connectivity index is 1.38. The van der Waals surface area contributed by atoms with Gasteiger partial charge in [-0.2, -0.15) is 15.1 Å². The van der Waals surface area contributed by atoms with E-state index in [2.05, 4.69) is 25.3 Å². The molecule has 220 valence electrons. The fourth-order valence-electron chi connectivity index (χ4n) is 6.41. The van der Waals surface area contributed by atoms with Crippen LogP contribution in [0, 0.1) is 11.6 Å². The first-order valence-electron chi connectivity index (χ1n) is 14.1. The van der Waals surface area contributed by atoms with Gasteiger partial charge in [-0.15, -0.1) is 0 Å². The first-order chi connectivity index (χ1) is 19.7. The Morgan fingerprint density at radius 3 is 2.78 bits per heavy atom. The smallest absolute Gasteiger partial charge is 0.319 e. The first-order valence-corrected chi connectivity index (χ1v) is 14.1. The second kappa shape index (κ2) is 10.7. The molecule has 3 aromatic rings. The van der Waals surface area contributed by atoms with Crippen LogP contribution in [0.2, 0.25) is 0 Å². The topological polar surface area (TPSA) is 97.6 Å². The van der Waals surface area contributed by atoms with Crippen molar-refractivity contribution in [1.82, 2.24) is 30.0 Å². The molecular formula is C28H34F3N7O3. The lowest BCUT2D eigenvalue weighted by molar-refractivity contribution is 0.0937. The Morgan fingerprint density at radius 2 is 2.00 bits per heavy atom. The fraction of sp³-hybridized carbons (Fsp3) is 0.571. The number of methoxy groups -OCH3 is 1. The SMILES string of the molecule is COc1c(F)cc(F)c2nc(OC[C@@]34CCCN3C[C@H](F)C4)nc(N3CCCn4nc(C(=O)NC(C)C)cc4C3)c12. The highest BCUT2D eigenvalue weighted by molar-refractivity contribution is 5.96. The lowest BCUT2D eigenvalue weighted by Crippen LogP contribution is -2.43. The van der Waals surface area contributed by atoms with Crippen molar-refractivity contribution in [2.75, 3.05) is 38.3 Å². The summed E-state index contributed by atoms with van der Waals surface area (Å²) >= 11 is 0. The van der Waals surface area contributed by atoms with E-state index < -0.39 is 23.3 Å². The molecule has 2 fully saturated rings. The molecule has 6 rings (SSSR count). The summed E-state index contributed by atoms with van der Waals surface area (Å²) in [7, 11) is 1.31. The van der Waals surface area contributed by atoms with E-state index in [4.69, 9.17) is 9.47 Å². The Bertz CT molecular complexity index is 1480. The number of nitrogens with one attached hydrogen (secondary N) is 1. The van der Waals surface area contributed by atoms with Crippen LogP contribution in [0.3, 0.4) is 0 Å². The number of carbonyl (C=O) groups excluding carboxylic acids is 1. The number of aromatic nitrogens is 4. The lowest BCUT2D eigenvalue weighted by Gasteiger charge is -2.31. The monoisotopic (exact) mass is 573 g/mol. The molecule has 0 bridgehead atoms. The van der Waals surface area contributed by atoms with Gasteiger partial charge in [-0.05, 0) is 45.7 Å². The molecule has 0 spiro atoms. The van der Waals surface area contributed by atoms with Crippen molar-refractivity contribution in [1.29, 1.82) is 0 Å². The van der Waals surface area contributed by atoms with Gasteiger partial charge in [0.05, 0.1) is 30.3 Å². The molecule has 3 aliphatic rings. The van der Waals surface area contributed by atoms with Gasteiger partial charge >= 0.3 is 6.01 Å². The number of benzene rings is 1. The molecule has 10 nitrogen and oxygen atoms in total. The highest BCUT2D eigenvalue weighted by atomic mass is 19.1. The van der Waals surface area contributed by atoms with Crippen LogP contribution < -0.4 is 19.7 Å². The van der Waals surface area contributed by atoms with Gasteiger partial charge in [0.25, 0.3) is 5.91 Å². The number of ether oxygens (including phenoxy) is 2. The molecule has 1 amide bonds. The normalized spacial score (nSPS) is 22.6. The molecule has 0 aliphatic carbocycles. The number of alkyl halides is 1. The minimum absolute atomic E-state index is 0.0422. The zero-order chi connectivity index (χ0) is 28.9. The van der Waals surface area contributed by atoms with Crippen molar-refractivity contribution in [2.24, 2.45) is 0 Å². The van der Waals surface area contributed by atoms with Crippen molar-refractivity contribution in [3.05, 3.63) is 35.2 Å². The first kappa shape index (κ1) is 27.6. The van der Waals surface area contributed by atoms with E-state index in [0.717, 1.165) is 31.1 Å². The molecule has 13 heteroatoms. The molecule has 1 N–H and O–H groups in total. The standard InChI is InChI=1S/C28H34F3N7O3/c1-16(2)32-26(39)21-10-18-14-36(7-5-9-38(18)35-21)25-22-23(19(30)11-20(31)24(22)40-3)33-27(34-25)41-15-28-6-4-8-37(28)13-17(29)12-28/h10-11,16-17H,4-9,12-15H2,1-3H3,(H,32,39)/t17-,28+/m1/s1. The maximum Gasteiger partial charge on any atom is 0.319 e. The maximum atomic E-state index is 15.2. The van der Waals surface area contributed by atoms with Crippen molar-refractivity contribution >= 4 is 22.6 Å². The number of aryl methyl sites for hydroxylation is 1. The van der Waals surface area contributed by atoms with Crippen LogP contribution in [0.25, 0.3) is 10.9 Å². The van der Waals surface area contributed by atoms with Gasteiger partial charge in [0.1, 0.15) is 24.1 Å². The molecule has 41 heavy (non-hydrogen) atoms. The zero-order valence-corrected chi connectivity index (χ0v) is 23.4. The third kappa shape index (κ3) is 5.04. The number of rotatable bonds is 7. The molecule has 0 unspecified atom stereocenters. The summed E-state index contributed by atoms with van der Waals surface area (Å²) in [4.78, 5) is 25.6. The van der Waals surface area contributed by atoms with Crippen LogP contribution in [0.5, 0.6) is 11.8 Å². The van der Waals surface area contributed by atoms with Crippen LogP contribution >= 0.6 is 0 Å². The third-order valence-electron chi connectivity index (χ3n) is 8.19. The average molecular weight is 574 g/mol. The summed E-state index contributed by atoms with van der Waals surface area (Å²) in [5, 5.41) is 7.42. The molecule has 0 radical (unpaired) electrons. The number of fused-ring (bicyclic) bond motifs is 3. The number of nitrogens with zero attached hydrogens (tertiary/aromatic N) is 6. The molecule has 5 heterocycles. The predicted octanol–water partition coefficient (Wildman–Crippen LogP) is 3.62. The minimum atomic E-state index is -0.925. The second-order valence-corrected chi connectivity index (χ2v) is 11.4. The van der Waals surface area contributed by atoms with Crippen LogP contribution in [-0.2, 0) is 13.1 Å². The summed E-state index contributed by atoms with van der Waals surface area (Å²) in [6.07, 6.45) is 1.82. The summed E-state index contributed by atoms with van der Waals surface area (Å²) in [6.45, 7) is 6.40. The number of hydrogen-bond acceptors (Lipinski definition) is 8. The molecule has 2 saturated heterocycles. The van der Waals surface area contributed by atoms with Crippen LogP contribution in [-0.4, -0.2) is 81.7 Å². The van der Waals surface area contributed by atoms with Gasteiger partial charge in [-0.25, -0.2) is 13.2 Å². The maximum absolute atomic E-state index is 15.2. The number of anilines is 1. The van der Waals surface area contributed by atoms with Crippen molar-refractivity contribution in [3.63, 3.8) is 0 Å². The van der Waals surface area contributed by atoms with Gasteiger partial charge in [-0.3, -0.25) is 14.4 Å². The van der Waals surface area contributed by atoms with Crippen molar-refractivity contribution in [3.8, 4) is 11.8 Å². The summed E-state index contributed by atoms with van der Waals surface area (Å²) < 4.78 is 57.7. The quantitative estimate of drug-likeness (QED) is 0.458. The predicted molar refractivity (Wildman–Crippen MR) is 145 cm³/mol. The Kier molecular flexibility index (Phi) is 7.16. The van der Waals surface area contributed by atoms with Gasteiger partial charge in [0.15, 0.2) is 23.1 Å². The van der Waals surface area contributed by atoms with Gasteiger partial charge in [0, 0.05) is 38.2 Å². The van der Waals surface area contributed by atoms with Crippen LogP contribution in [0.4, 0.5) is 19.0 Å². The molecule has 2 atom stereocenters. The van der Waals surface area contributed by atoms with E-state index in [9.17, 15) is 13.6 Å².